The summed E-state index contributed by atoms with van der Waals surface area (Å²) in [6.07, 6.45) is 19.8. The number of carboxylic acids is 1. The molecule has 0 rings (SSSR count). The predicted octanol–water partition coefficient (Wildman–Crippen LogP) is 4.63. The molecular formula is C18H30O3. The van der Waals surface area contributed by atoms with E-state index in [4.69, 9.17) is 5.11 Å². The van der Waals surface area contributed by atoms with Crippen LogP contribution in [0.15, 0.2) is 36.5 Å². The largest absolute Gasteiger partial charge is 0.481 e. The van der Waals surface area contributed by atoms with Crippen molar-refractivity contribution in [1.29, 1.82) is 0 Å². The van der Waals surface area contributed by atoms with Gasteiger partial charge in [-0.2, -0.15) is 0 Å². The van der Waals surface area contributed by atoms with Crippen LogP contribution in [0.2, 0.25) is 0 Å². The summed E-state index contributed by atoms with van der Waals surface area (Å²) < 4.78 is 0. The second kappa shape index (κ2) is 15.0. The predicted molar refractivity (Wildman–Crippen MR) is 88.3 cm³/mol. The zero-order chi connectivity index (χ0) is 15.8. The summed E-state index contributed by atoms with van der Waals surface area (Å²) >= 11 is 0. The molecule has 0 aromatic heterocycles. The maximum Gasteiger partial charge on any atom is 0.303 e. The van der Waals surface area contributed by atoms with Gasteiger partial charge in [0.25, 0.3) is 0 Å². The van der Waals surface area contributed by atoms with E-state index in [9.17, 15) is 9.90 Å². The van der Waals surface area contributed by atoms with Crippen LogP contribution in [0.4, 0.5) is 0 Å². The van der Waals surface area contributed by atoms with Crippen LogP contribution in [0.3, 0.4) is 0 Å². The van der Waals surface area contributed by atoms with Gasteiger partial charge in [0.1, 0.15) is 0 Å². The molecule has 0 spiro atoms. The van der Waals surface area contributed by atoms with E-state index >= 15 is 0 Å². The Morgan fingerprint density at radius 1 is 1.00 bits per heavy atom. The topological polar surface area (TPSA) is 57.5 Å². The Bertz CT molecular complexity index is 329. The quantitative estimate of drug-likeness (QED) is 0.384. The lowest BCUT2D eigenvalue weighted by molar-refractivity contribution is -0.137. The Hall–Kier alpha value is -1.35. The number of allylic oxidation sites excluding steroid dienone is 5. The van der Waals surface area contributed by atoms with Crippen molar-refractivity contribution in [3.63, 3.8) is 0 Å². The van der Waals surface area contributed by atoms with Gasteiger partial charge in [-0.05, 0) is 38.5 Å². The van der Waals surface area contributed by atoms with Crippen LogP contribution >= 0.6 is 0 Å². The van der Waals surface area contributed by atoms with Crippen molar-refractivity contribution >= 4 is 5.97 Å². The van der Waals surface area contributed by atoms with Gasteiger partial charge in [-0.25, -0.2) is 0 Å². The van der Waals surface area contributed by atoms with Crippen molar-refractivity contribution in [2.24, 2.45) is 0 Å². The van der Waals surface area contributed by atoms with Crippen molar-refractivity contribution in [3.05, 3.63) is 36.5 Å². The number of rotatable bonds is 13. The number of aliphatic hydroxyl groups excluding tert-OH is 1. The number of carbonyl (C=O) groups is 1. The number of hydrogen-bond acceptors (Lipinski definition) is 2. The summed E-state index contributed by atoms with van der Waals surface area (Å²) in [6, 6.07) is 0. The molecule has 0 saturated carbocycles. The number of hydrogen-bond donors (Lipinski definition) is 2. The minimum atomic E-state index is -0.858. The van der Waals surface area contributed by atoms with Crippen LogP contribution in [-0.2, 0) is 4.79 Å². The third kappa shape index (κ3) is 16.6. The molecule has 0 aromatic rings. The van der Waals surface area contributed by atoms with E-state index in [2.05, 4.69) is 31.2 Å². The molecule has 1 unspecified atom stereocenters. The summed E-state index contributed by atoms with van der Waals surface area (Å²) in [5.74, 6) is -0.858. The minimum absolute atomic E-state index is 0.0273. The molecule has 0 saturated heterocycles. The summed E-state index contributed by atoms with van der Waals surface area (Å²) in [4.78, 5) is 10.3. The van der Waals surface area contributed by atoms with Crippen LogP contribution in [0.5, 0.6) is 0 Å². The average Bonchev–Trinajstić information content (AvgIpc) is 2.46. The summed E-state index contributed by atoms with van der Waals surface area (Å²) in [5, 5.41) is 18.0. The standard InChI is InChI=1S/C18H30O3/c1-2-3-4-5-6-7-8-9-10-11-12-13-14-17(19)15-16-18(20)21/h6-7,9-10,12-13,17,19H,2-5,8,11,14-16H2,1H3,(H,20,21)/b7-6-,10-9-,13-12-. The number of aliphatic carboxylic acids is 1. The Morgan fingerprint density at radius 2 is 1.62 bits per heavy atom. The van der Waals surface area contributed by atoms with Crippen LogP contribution in [0, 0.1) is 0 Å². The molecule has 3 heteroatoms. The van der Waals surface area contributed by atoms with E-state index in [0.717, 1.165) is 12.8 Å². The van der Waals surface area contributed by atoms with Gasteiger partial charge in [-0.1, -0.05) is 56.2 Å². The van der Waals surface area contributed by atoms with Gasteiger partial charge in [-0.3, -0.25) is 4.79 Å². The molecule has 120 valence electrons. The Labute approximate surface area is 129 Å². The van der Waals surface area contributed by atoms with Crippen LogP contribution in [0.1, 0.15) is 64.7 Å². The third-order valence-corrected chi connectivity index (χ3v) is 3.12. The molecule has 0 fully saturated rings. The molecule has 0 amide bonds. The van der Waals surface area contributed by atoms with E-state index in [-0.39, 0.29) is 6.42 Å². The Balaban J connectivity index is 3.49. The number of carboxylic acid groups (broad SMARTS) is 1. The lowest BCUT2D eigenvalue weighted by Gasteiger charge is -2.04. The van der Waals surface area contributed by atoms with Crippen molar-refractivity contribution in [1.82, 2.24) is 0 Å². The first-order valence-corrected chi connectivity index (χ1v) is 8.01. The van der Waals surface area contributed by atoms with Gasteiger partial charge in [-0.15, -0.1) is 0 Å². The first-order chi connectivity index (χ1) is 10.2. The molecule has 0 aliphatic carbocycles. The van der Waals surface area contributed by atoms with Gasteiger partial charge in [0.2, 0.25) is 0 Å². The number of unbranched alkanes of at least 4 members (excludes halogenated alkanes) is 3. The fourth-order valence-corrected chi connectivity index (χ4v) is 1.83. The molecule has 0 heterocycles. The van der Waals surface area contributed by atoms with Gasteiger partial charge in [0.05, 0.1) is 6.10 Å². The smallest absolute Gasteiger partial charge is 0.303 e. The lowest BCUT2D eigenvalue weighted by Crippen LogP contribution is -2.07. The fraction of sp³-hybridized carbons (Fsp3) is 0.611. The molecule has 21 heavy (non-hydrogen) atoms. The minimum Gasteiger partial charge on any atom is -0.481 e. The fourth-order valence-electron chi connectivity index (χ4n) is 1.83. The molecule has 1 atom stereocenters. The molecule has 0 bridgehead atoms. The highest BCUT2D eigenvalue weighted by Crippen LogP contribution is 2.04. The maximum absolute atomic E-state index is 10.3. The Kier molecular flexibility index (Phi) is 14.1. The second-order valence-corrected chi connectivity index (χ2v) is 5.20. The van der Waals surface area contributed by atoms with E-state index in [1.807, 2.05) is 12.2 Å². The molecular weight excluding hydrogens is 264 g/mol. The molecule has 0 aliphatic rings. The van der Waals surface area contributed by atoms with Gasteiger partial charge in [0.15, 0.2) is 0 Å². The highest BCUT2D eigenvalue weighted by molar-refractivity contribution is 5.66. The highest BCUT2D eigenvalue weighted by Gasteiger charge is 2.04. The zero-order valence-corrected chi connectivity index (χ0v) is 13.2. The first kappa shape index (κ1) is 19.7. The Morgan fingerprint density at radius 3 is 2.24 bits per heavy atom. The van der Waals surface area contributed by atoms with Crippen molar-refractivity contribution in [3.8, 4) is 0 Å². The third-order valence-electron chi connectivity index (χ3n) is 3.12. The van der Waals surface area contributed by atoms with Crippen LogP contribution < -0.4 is 0 Å². The SMILES string of the molecule is CCCCC/C=C\C/C=C\C/C=C\CC(O)CCC(=O)O. The van der Waals surface area contributed by atoms with E-state index < -0.39 is 12.1 Å². The second-order valence-electron chi connectivity index (χ2n) is 5.20. The first-order valence-electron chi connectivity index (χ1n) is 8.01. The van der Waals surface area contributed by atoms with E-state index in [0.29, 0.717) is 12.8 Å². The molecule has 0 aliphatic heterocycles. The molecule has 0 aromatic carbocycles. The average molecular weight is 294 g/mol. The van der Waals surface area contributed by atoms with Crippen molar-refractivity contribution in [2.75, 3.05) is 0 Å². The molecule has 0 radical (unpaired) electrons. The molecule has 3 nitrogen and oxygen atoms in total. The van der Waals surface area contributed by atoms with Crippen LogP contribution in [-0.4, -0.2) is 22.3 Å². The number of aliphatic hydroxyl groups is 1. The monoisotopic (exact) mass is 294 g/mol. The van der Waals surface area contributed by atoms with E-state index in [1.165, 1.54) is 25.7 Å². The normalized spacial score (nSPS) is 13.6. The zero-order valence-electron chi connectivity index (χ0n) is 13.2. The summed E-state index contributed by atoms with van der Waals surface area (Å²) in [7, 11) is 0. The lowest BCUT2D eigenvalue weighted by atomic mass is 10.1. The van der Waals surface area contributed by atoms with Gasteiger partial charge < -0.3 is 10.2 Å². The van der Waals surface area contributed by atoms with Crippen molar-refractivity contribution in [2.45, 2.75) is 70.8 Å². The molecule has 2 N–H and O–H groups in total. The van der Waals surface area contributed by atoms with Crippen molar-refractivity contribution < 1.29 is 15.0 Å². The summed E-state index contributed by atoms with van der Waals surface area (Å²) in [5.41, 5.74) is 0. The highest BCUT2D eigenvalue weighted by atomic mass is 16.4. The van der Waals surface area contributed by atoms with Crippen LogP contribution in [0.25, 0.3) is 0 Å². The van der Waals surface area contributed by atoms with Gasteiger partial charge in [0, 0.05) is 6.42 Å². The maximum atomic E-state index is 10.3. The summed E-state index contributed by atoms with van der Waals surface area (Å²) in [6.45, 7) is 2.21. The van der Waals surface area contributed by atoms with E-state index in [1.54, 1.807) is 0 Å². The van der Waals surface area contributed by atoms with Gasteiger partial charge >= 0.3 is 5.97 Å².